The Bertz CT molecular complexity index is 1410. The number of aliphatic hydroxyl groups is 2. The zero-order valence-electron chi connectivity index (χ0n) is 25.9. The maximum Gasteiger partial charge on any atom is 0.303 e. The fourth-order valence-electron chi connectivity index (χ4n) is 6.36. The highest BCUT2D eigenvalue weighted by Crippen LogP contribution is 2.39. The third-order valence-electron chi connectivity index (χ3n) is 9.05. The van der Waals surface area contributed by atoms with E-state index in [2.05, 4.69) is 27.9 Å². The van der Waals surface area contributed by atoms with Gasteiger partial charge in [0.2, 0.25) is 11.8 Å². The van der Waals surface area contributed by atoms with Crippen molar-refractivity contribution in [3.63, 3.8) is 0 Å². The molecule has 7 N–H and O–H groups in total. The molecule has 10 nitrogen and oxygen atoms in total. The second-order valence-electron chi connectivity index (χ2n) is 11.7. The van der Waals surface area contributed by atoms with E-state index >= 15 is 0 Å². The average Bonchev–Trinajstić information content (AvgIpc) is 3.59. The number of rotatable bonds is 12. The van der Waals surface area contributed by atoms with Gasteiger partial charge in [0, 0.05) is 29.5 Å². The van der Waals surface area contributed by atoms with Gasteiger partial charge in [0.05, 0.1) is 11.4 Å². The first-order chi connectivity index (χ1) is 20.4. The number of carbonyl (C=O) groups excluding carboxylic acids is 2. The van der Waals surface area contributed by atoms with Crippen molar-refractivity contribution >= 4 is 29.9 Å². The number of carboxylic acid groups (broad SMARTS) is 1. The fraction of sp³-hybridized carbons (Fsp3) is 0.485. The summed E-state index contributed by atoms with van der Waals surface area (Å²) in [7, 11) is 0. The van der Waals surface area contributed by atoms with Crippen LogP contribution in [0.5, 0.6) is 0 Å². The molecule has 0 bridgehead atoms. The van der Waals surface area contributed by atoms with E-state index in [0.29, 0.717) is 19.3 Å². The van der Waals surface area contributed by atoms with Gasteiger partial charge in [-0.2, -0.15) is 11.8 Å². The van der Waals surface area contributed by atoms with Gasteiger partial charge < -0.3 is 36.3 Å². The molecule has 234 valence electrons. The number of allylic oxidation sites excluding steroid dienone is 2. The highest BCUT2D eigenvalue weighted by molar-refractivity contribution is 5.97. The minimum Gasteiger partial charge on any atom is -0.500 e. The summed E-state index contributed by atoms with van der Waals surface area (Å²) in [4.78, 5) is 39.8. The maximum absolute atomic E-state index is 12.4. The van der Waals surface area contributed by atoms with Gasteiger partial charge in [-0.05, 0) is 44.7 Å². The van der Waals surface area contributed by atoms with E-state index in [-0.39, 0.29) is 42.5 Å². The molecule has 1 unspecified atom stereocenters. The molecule has 1 aromatic rings. The van der Waals surface area contributed by atoms with Crippen molar-refractivity contribution in [2.45, 2.75) is 92.4 Å². The summed E-state index contributed by atoms with van der Waals surface area (Å²) in [5.74, 6) is -0.107. The monoisotopic (exact) mass is 592 g/mol. The van der Waals surface area contributed by atoms with Gasteiger partial charge in [0.15, 0.2) is 6.29 Å². The van der Waals surface area contributed by atoms with Crippen molar-refractivity contribution in [2.75, 3.05) is 0 Å². The van der Waals surface area contributed by atoms with Crippen LogP contribution >= 0.6 is 0 Å². The number of nitrogens with one attached hydrogen (secondary N) is 4. The molecular formula is C33H44N4O6-2. The number of hydrogen-bond donors (Lipinski definition) is 6. The Hall–Kier alpha value is -3.89. The fourth-order valence-corrected chi connectivity index (χ4v) is 6.36. The molecule has 4 heterocycles. The Morgan fingerprint density at radius 1 is 1.16 bits per heavy atom. The highest BCUT2D eigenvalue weighted by Gasteiger charge is 2.34. The first-order valence-corrected chi connectivity index (χ1v) is 15.1. The number of H-pyrrole nitrogens is 1. The first kappa shape index (κ1) is 32.0. The van der Waals surface area contributed by atoms with Crippen molar-refractivity contribution in [1.82, 2.24) is 16.0 Å². The molecule has 43 heavy (non-hydrogen) atoms. The van der Waals surface area contributed by atoms with Gasteiger partial charge >= 0.3 is 5.97 Å². The van der Waals surface area contributed by atoms with Crippen molar-refractivity contribution in [1.29, 1.82) is 0 Å². The zero-order chi connectivity index (χ0) is 31.6. The van der Waals surface area contributed by atoms with Crippen molar-refractivity contribution in [2.24, 2.45) is 11.8 Å². The molecule has 0 aromatic carbocycles. The molecule has 1 saturated heterocycles. The lowest BCUT2D eigenvalue weighted by molar-refractivity contribution is -0.379. The highest BCUT2D eigenvalue weighted by atomic mass is 16.5. The van der Waals surface area contributed by atoms with E-state index in [1.165, 1.54) is 0 Å². The Morgan fingerprint density at radius 3 is 2.49 bits per heavy atom. The van der Waals surface area contributed by atoms with Crippen LogP contribution in [0, 0.1) is 31.1 Å². The lowest BCUT2D eigenvalue weighted by Gasteiger charge is -2.31. The van der Waals surface area contributed by atoms with Crippen LogP contribution in [0.1, 0.15) is 89.2 Å². The van der Waals surface area contributed by atoms with Crippen LogP contribution in [-0.2, 0) is 20.8 Å². The van der Waals surface area contributed by atoms with Gasteiger partial charge in [-0.1, -0.05) is 50.8 Å². The second-order valence-corrected chi connectivity index (χ2v) is 11.7. The molecule has 3 aliphatic heterocycles. The molecule has 0 spiro atoms. The largest absolute Gasteiger partial charge is 0.500 e. The smallest absolute Gasteiger partial charge is 0.303 e. The summed E-state index contributed by atoms with van der Waals surface area (Å²) >= 11 is 0. The molecular weight excluding hydrogens is 548 g/mol. The minimum absolute atomic E-state index is 0.00357. The summed E-state index contributed by atoms with van der Waals surface area (Å²) in [6, 6.07) is -0.253. The average molecular weight is 593 g/mol. The normalized spacial score (nSPS) is 24.1. The topological polar surface area (TPSA) is 162 Å². The van der Waals surface area contributed by atoms with Crippen LogP contribution in [0.3, 0.4) is 0 Å². The number of aliphatic carboxylic acids is 1. The van der Waals surface area contributed by atoms with E-state index in [1.807, 2.05) is 53.2 Å². The van der Waals surface area contributed by atoms with E-state index in [9.17, 15) is 29.7 Å². The summed E-state index contributed by atoms with van der Waals surface area (Å²) in [6.07, 6.45) is 6.69. The van der Waals surface area contributed by atoms with E-state index in [4.69, 9.17) is 0 Å². The van der Waals surface area contributed by atoms with E-state index < -0.39 is 12.3 Å². The predicted molar refractivity (Wildman–Crippen MR) is 162 cm³/mol. The van der Waals surface area contributed by atoms with Crippen LogP contribution in [0.15, 0.2) is 33.8 Å². The third kappa shape index (κ3) is 6.70. The number of aromatic amines is 1. The second kappa shape index (κ2) is 13.2. The molecule has 3 aliphatic rings. The Labute approximate surface area is 253 Å². The quantitative estimate of drug-likeness (QED) is 0.161. The Morgan fingerprint density at radius 2 is 1.88 bits per heavy atom. The summed E-state index contributed by atoms with van der Waals surface area (Å²) in [5.41, 5.74) is 8.44. The number of aliphatic hydroxyl groups excluding tert-OH is 1. The van der Waals surface area contributed by atoms with Crippen LogP contribution < -0.4 is 20.9 Å². The maximum atomic E-state index is 12.4. The minimum atomic E-state index is -1.46. The molecule has 0 aliphatic carbocycles. The van der Waals surface area contributed by atoms with Gasteiger partial charge in [-0.25, -0.2) is 12.1 Å². The molecule has 3 atom stereocenters. The van der Waals surface area contributed by atoms with Crippen LogP contribution in [-0.4, -0.2) is 45.4 Å². The summed E-state index contributed by atoms with van der Waals surface area (Å²) < 4.78 is 0. The summed E-state index contributed by atoms with van der Waals surface area (Å²) in [6.45, 7) is 11.8. The molecule has 1 fully saturated rings. The van der Waals surface area contributed by atoms with Crippen LogP contribution in [0.4, 0.5) is 0 Å². The lowest BCUT2D eigenvalue weighted by Crippen LogP contribution is -2.31. The number of hydrogen-bond acceptors (Lipinski definition) is 6. The standard InChI is InChI=1S/C33H44N4O6/c1-7-20-19(6)32(42)37-27(20)14-25-18(5)23(10-12-31(40)41)29(35-25)15-28-22(9-11-30(38)39)17(4)24(34-28)13-26-16(3)21(8-2)33(43)36-26/h13-15,19-20,26,30,34-35,38-39H,7-12H2,1-6H3,(H,36,43)(H,37,42)(H,40,41)/q-2/b27-14-,28-15-/t19-,20-,26?/m1/s1. The van der Waals surface area contributed by atoms with Crippen molar-refractivity contribution < 1.29 is 34.7 Å². The lowest BCUT2D eigenvalue weighted by atomic mass is 9.91. The number of aromatic nitrogens is 1. The van der Waals surface area contributed by atoms with Crippen molar-refractivity contribution in [3.8, 4) is 0 Å². The van der Waals surface area contributed by atoms with Gasteiger partial charge in [0.25, 0.3) is 0 Å². The third-order valence-corrected chi connectivity index (χ3v) is 9.05. The number of carboxylic acids is 1. The molecule has 0 saturated carbocycles. The van der Waals surface area contributed by atoms with E-state index in [0.717, 1.165) is 68.7 Å². The van der Waals surface area contributed by atoms with Gasteiger partial charge in [-0.15, -0.1) is 6.92 Å². The molecule has 1 aromatic heterocycles. The van der Waals surface area contributed by atoms with Crippen LogP contribution in [0.25, 0.3) is 12.2 Å². The van der Waals surface area contributed by atoms with Gasteiger partial charge in [-0.3, -0.25) is 25.9 Å². The SMILES string of the molecule is CCC1=C(C)C([CH-]C2=C(C)[C-](CCC(O)O)/C(=C/[c-]3[nH+]c(/C=C4\NC(=O)[C@H](C)[C@H]4CC)c(C)c3CCC(=O)O)N2)NC1=O. The number of carbonyl (C=O) groups is 3. The van der Waals surface area contributed by atoms with Crippen molar-refractivity contribution in [3.05, 3.63) is 68.7 Å². The zero-order valence-corrected chi connectivity index (χ0v) is 25.9. The predicted octanol–water partition coefficient (Wildman–Crippen LogP) is 2.99. The summed E-state index contributed by atoms with van der Waals surface area (Å²) in [5, 5.41) is 38.3. The number of amides is 2. The van der Waals surface area contributed by atoms with E-state index in [1.54, 1.807) is 0 Å². The first-order valence-electron chi connectivity index (χ1n) is 15.1. The Kier molecular flexibility index (Phi) is 9.82. The molecule has 10 heteroatoms. The van der Waals surface area contributed by atoms with Gasteiger partial charge in [0.1, 0.15) is 0 Å². The van der Waals surface area contributed by atoms with Crippen LogP contribution in [0.2, 0.25) is 0 Å². The molecule has 0 radical (unpaired) electrons. The Balaban J connectivity index is 1.72. The molecule has 2 amide bonds. The molecule has 4 rings (SSSR count).